The third kappa shape index (κ3) is 4.37. The van der Waals surface area contributed by atoms with Crippen molar-refractivity contribution in [1.82, 2.24) is 30.3 Å². The Kier molecular flexibility index (Phi) is 4.07. The van der Waals surface area contributed by atoms with Crippen molar-refractivity contribution in [2.75, 3.05) is 18.0 Å². The maximum absolute atomic E-state index is 10.5. The molecule has 0 bridgehead atoms. The van der Waals surface area contributed by atoms with Crippen LogP contribution in [0.1, 0.15) is 31.3 Å². The summed E-state index contributed by atoms with van der Waals surface area (Å²) in [6.45, 7) is 5.90. The lowest BCUT2D eigenvalue weighted by atomic mass is 10.1. The topological polar surface area (TPSA) is 92.0 Å². The van der Waals surface area contributed by atoms with E-state index in [0.29, 0.717) is 28.6 Å². The van der Waals surface area contributed by atoms with Crippen LogP contribution in [-0.4, -0.2) is 54.7 Å². The molecule has 1 atom stereocenters. The smallest absolute Gasteiger partial charge is 0.151 e. The molecule has 0 spiro atoms. The summed E-state index contributed by atoms with van der Waals surface area (Å²) in [5.41, 5.74) is 1.94. The highest BCUT2D eigenvalue weighted by Gasteiger charge is 2.26. The zero-order valence-electron chi connectivity index (χ0n) is 19.8. The summed E-state index contributed by atoms with van der Waals surface area (Å²) in [5, 5.41) is 26.6. The minimum absolute atomic E-state index is 0.0665. The van der Waals surface area contributed by atoms with Crippen molar-refractivity contribution in [1.29, 1.82) is 0 Å². The number of hydrogen-bond acceptors (Lipinski definition) is 7. The molecule has 1 aliphatic rings. The Morgan fingerprint density at radius 1 is 1.21 bits per heavy atom. The summed E-state index contributed by atoms with van der Waals surface area (Å²) in [6, 6.07) is 5.60. The normalized spacial score (nSPS) is 19.1. The molecule has 0 amide bonds. The summed E-state index contributed by atoms with van der Waals surface area (Å²) in [6.07, 6.45) is 5.42. The number of aromatic hydroxyl groups is 1. The van der Waals surface area contributed by atoms with Crippen molar-refractivity contribution in [3.63, 3.8) is 0 Å². The lowest BCUT2D eigenvalue weighted by Gasteiger charge is -2.26. The van der Waals surface area contributed by atoms with Crippen molar-refractivity contribution in [2.45, 2.75) is 38.8 Å². The molecule has 0 unspecified atom stereocenters. The fraction of sp³-hybridized carbons (Fsp3) is 0.429. The molecule has 0 aromatic carbocycles. The zero-order valence-corrected chi connectivity index (χ0v) is 16.8. The van der Waals surface area contributed by atoms with E-state index < -0.39 is 6.98 Å². The van der Waals surface area contributed by atoms with Gasteiger partial charge in [-0.25, -0.2) is 4.98 Å². The van der Waals surface area contributed by atoms with E-state index in [1.54, 1.807) is 12.3 Å². The number of aromatic nitrogens is 5. The van der Waals surface area contributed by atoms with E-state index in [9.17, 15) is 5.11 Å². The van der Waals surface area contributed by atoms with Gasteiger partial charge in [-0.2, -0.15) is 5.10 Å². The molecule has 3 aromatic heterocycles. The predicted molar refractivity (Wildman–Crippen MR) is 113 cm³/mol. The van der Waals surface area contributed by atoms with Gasteiger partial charge in [-0.05, 0) is 45.4 Å². The van der Waals surface area contributed by atoms with Crippen LogP contribution in [0.5, 0.6) is 5.75 Å². The van der Waals surface area contributed by atoms with Crippen LogP contribution in [0, 0.1) is 0 Å². The summed E-state index contributed by atoms with van der Waals surface area (Å²) >= 11 is 0. The Morgan fingerprint density at radius 3 is 2.72 bits per heavy atom. The molecular formula is C21H27N7O. The first-order chi connectivity index (χ1) is 15.0. The molecule has 0 aliphatic carbocycles. The third-order valence-corrected chi connectivity index (χ3v) is 4.83. The van der Waals surface area contributed by atoms with Gasteiger partial charge in [-0.1, -0.05) is 0 Å². The molecule has 0 saturated carbocycles. The van der Waals surface area contributed by atoms with Gasteiger partial charge in [0.15, 0.2) is 5.82 Å². The van der Waals surface area contributed by atoms with Crippen LogP contribution in [-0.2, 0) is 6.98 Å². The summed E-state index contributed by atoms with van der Waals surface area (Å²) in [4.78, 5) is 6.52. The van der Waals surface area contributed by atoms with Crippen LogP contribution in [0.4, 0.5) is 5.82 Å². The Morgan fingerprint density at radius 2 is 2.07 bits per heavy atom. The van der Waals surface area contributed by atoms with E-state index in [0.717, 1.165) is 30.0 Å². The first-order valence-electron chi connectivity index (χ1n) is 11.1. The first-order valence-corrected chi connectivity index (χ1v) is 9.61. The zero-order chi connectivity index (χ0) is 23.1. The lowest BCUT2D eigenvalue weighted by Crippen LogP contribution is -2.45. The number of nitrogens with zero attached hydrogens (tertiary/aromatic N) is 6. The van der Waals surface area contributed by atoms with Crippen LogP contribution in [0.15, 0.2) is 36.8 Å². The maximum Gasteiger partial charge on any atom is 0.151 e. The fourth-order valence-corrected chi connectivity index (χ4v) is 3.60. The number of aryl methyl sites for hydroxylation is 1. The molecule has 1 aliphatic heterocycles. The molecule has 2 N–H and O–H groups in total. The summed E-state index contributed by atoms with van der Waals surface area (Å²) in [7, 11) is 0. The van der Waals surface area contributed by atoms with Crippen molar-refractivity contribution < 1.29 is 9.22 Å². The first kappa shape index (κ1) is 15.9. The number of rotatable bonds is 4. The molecule has 152 valence electrons. The molecule has 0 radical (unpaired) electrons. The van der Waals surface area contributed by atoms with E-state index in [1.807, 2.05) is 6.07 Å². The van der Waals surface area contributed by atoms with Crippen LogP contribution in [0.25, 0.3) is 22.5 Å². The SMILES string of the molecule is [2H]C([2H])([2H])n1cc(-c2cnc(-c3ccc(N4CC[C@@H](NC(C)(C)C)C4)nn3)c(O)c2)cn1. The van der Waals surface area contributed by atoms with Gasteiger partial charge in [0, 0.05) is 59.3 Å². The average molecular weight is 397 g/mol. The molecular weight excluding hydrogens is 366 g/mol. The van der Waals surface area contributed by atoms with Gasteiger partial charge in [0.1, 0.15) is 17.1 Å². The second kappa shape index (κ2) is 7.44. The molecule has 4 heterocycles. The number of nitrogens with one attached hydrogen (secondary N) is 1. The second-order valence-corrected chi connectivity index (χ2v) is 8.37. The Balaban J connectivity index is 1.48. The Hall–Kier alpha value is -3.00. The van der Waals surface area contributed by atoms with Crippen LogP contribution in [0.3, 0.4) is 0 Å². The molecule has 4 rings (SSSR count). The van der Waals surface area contributed by atoms with E-state index in [-0.39, 0.29) is 11.3 Å². The van der Waals surface area contributed by atoms with E-state index in [1.165, 1.54) is 18.5 Å². The highest BCUT2D eigenvalue weighted by Crippen LogP contribution is 2.30. The van der Waals surface area contributed by atoms with Gasteiger partial charge < -0.3 is 15.3 Å². The standard InChI is InChI=1S/C21H27N7O/c1-21(2,3)24-16-7-8-28(13-16)19-6-5-17(25-26-19)20-18(29)9-14(10-22-20)15-11-23-27(4)12-15/h5-6,9-12,16,24,29H,7-8,13H2,1-4H3/t16-/m1/s1/i4D3. The fourth-order valence-electron chi connectivity index (χ4n) is 3.60. The largest absolute Gasteiger partial charge is 0.506 e. The number of anilines is 1. The van der Waals surface area contributed by atoms with Gasteiger partial charge in [0.05, 0.1) is 6.20 Å². The van der Waals surface area contributed by atoms with Crippen molar-refractivity contribution >= 4 is 5.82 Å². The lowest BCUT2D eigenvalue weighted by molar-refractivity contribution is 0.373. The Bertz CT molecular complexity index is 1090. The van der Waals surface area contributed by atoms with E-state index in [4.69, 9.17) is 4.11 Å². The van der Waals surface area contributed by atoms with Crippen LogP contribution >= 0.6 is 0 Å². The second-order valence-electron chi connectivity index (χ2n) is 8.37. The van der Waals surface area contributed by atoms with Gasteiger partial charge >= 0.3 is 0 Å². The van der Waals surface area contributed by atoms with Crippen molar-refractivity contribution in [2.24, 2.45) is 6.98 Å². The van der Waals surface area contributed by atoms with Crippen molar-refractivity contribution in [3.8, 4) is 28.3 Å². The predicted octanol–water partition coefficient (Wildman–Crippen LogP) is 2.61. The highest BCUT2D eigenvalue weighted by molar-refractivity contribution is 5.70. The monoisotopic (exact) mass is 396 g/mol. The molecule has 29 heavy (non-hydrogen) atoms. The van der Waals surface area contributed by atoms with Gasteiger partial charge in [-0.15, -0.1) is 10.2 Å². The number of pyridine rings is 1. The maximum atomic E-state index is 10.5. The number of hydrogen-bond donors (Lipinski definition) is 2. The molecule has 8 heteroatoms. The average Bonchev–Trinajstić information content (AvgIpc) is 3.36. The summed E-state index contributed by atoms with van der Waals surface area (Å²) in [5.74, 6) is 0.724. The molecule has 1 saturated heterocycles. The van der Waals surface area contributed by atoms with Gasteiger partial charge in [0.25, 0.3) is 0 Å². The van der Waals surface area contributed by atoms with Crippen molar-refractivity contribution in [3.05, 3.63) is 36.8 Å². The van der Waals surface area contributed by atoms with Gasteiger partial charge in [-0.3, -0.25) is 4.68 Å². The summed E-state index contributed by atoms with van der Waals surface area (Å²) < 4.78 is 23.1. The quantitative estimate of drug-likeness (QED) is 0.700. The highest BCUT2D eigenvalue weighted by atomic mass is 16.3. The minimum atomic E-state index is -2.36. The van der Waals surface area contributed by atoms with Crippen LogP contribution in [0.2, 0.25) is 0 Å². The molecule has 3 aromatic rings. The minimum Gasteiger partial charge on any atom is -0.506 e. The van der Waals surface area contributed by atoms with Gasteiger partial charge in [0.2, 0.25) is 0 Å². The van der Waals surface area contributed by atoms with E-state index in [2.05, 4.69) is 51.3 Å². The molecule has 1 fully saturated rings. The Labute approximate surface area is 174 Å². The van der Waals surface area contributed by atoms with Crippen LogP contribution < -0.4 is 10.2 Å². The third-order valence-electron chi connectivity index (χ3n) is 4.83. The molecule has 8 nitrogen and oxygen atoms in total. The van der Waals surface area contributed by atoms with E-state index >= 15 is 0 Å².